The summed E-state index contributed by atoms with van der Waals surface area (Å²) in [6.07, 6.45) is 3.09. The number of rotatable bonds is 5. The lowest BCUT2D eigenvalue weighted by molar-refractivity contribution is -0.385. The molecule has 0 spiro atoms. The lowest BCUT2D eigenvalue weighted by Crippen LogP contribution is -2.19. The zero-order valence-electron chi connectivity index (χ0n) is 15.3. The van der Waals surface area contributed by atoms with Crippen molar-refractivity contribution in [2.45, 2.75) is 19.8 Å². The van der Waals surface area contributed by atoms with Gasteiger partial charge in [0.25, 0.3) is 11.6 Å². The van der Waals surface area contributed by atoms with E-state index in [4.69, 9.17) is 0 Å². The highest BCUT2D eigenvalue weighted by molar-refractivity contribution is 8.18. The molecule has 1 fully saturated rings. The Labute approximate surface area is 166 Å². The number of hydrogen-bond acceptors (Lipinski definition) is 6. The number of benzene rings is 2. The molecule has 1 aliphatic rings. The predicted octanol–water partition coefficient (Wildman–Crippen LogP) is 4.31. The number of nitro benzene ring substituents is 1. The first-order chi connectivity index (χ1) is 13.4. The SMILES string of the molecule is CC(C)c1ccc(/C=N/N=C2\NC(=O)/C(=C\c3ccccc3[N+](=O)[O-])S2)cc1. The number of nitro groups is 1. The van der Waals surface area contributed by atoms with Crippen molar-refractivity contribution in [1.29, 1.82) is 0 Å². The van der Waals surface area contributed by atoms with Crippen LogP contribution in [-0.2, 0) is 4.79 Å². The molecule has 1 amide bonds. The number of amidine groups is 1. The van der Waals surface area contributed by atoms with Crippen LogP contribution in [0, 0.1) is 10.1 Å². The molecule has 0 aliphatic carbocycles. The Morgan fingerprint density at radius 1 is 1.14 bits per heavy atom. The third-order valence-corrected chi connectivity index (χ3v) is 4.93. The third kappa shape index (κ3) is 4.72. The topological polar surface area (TPSA) is 97.0 Å². The molecule has 0 aromatic heterocycles. The van der Waals surface area contributed by atoms with E-state index in [0.717, 1.165) is 17.3 Å². The fourth-order valence-electron chi connectivity index (χ4n) is 2.51. The summed E-state index contributed by atoms with van der Waals surface area (Å²) < 4.78 is 0. The second kappa shape index (κ2) is 8.62. The van der Waals surface area contributed by atoms with E-state index in [1.54, 1.807) is 24.4 Å². The van der Waals surface area contributed by atoms with E-state index in [1.165, 1.54) is 17.7 Å². The first-order valence-electron chi connectivity index (χ1n) is 8.59. The minimum Gasteiger partial charge on any atom is -0.299 e. The molecular formula is C20H18N4O3S. The number of para-hydroxylation sites is 1. The van der Waals surface area contributed by atoms with Crippen LogP contribution in [0.25, 0.3) is 6.08 Å². The van der Waals surface area contributed by atoms with Gasteiger partial charge in [0, 0.05) is 6.07 Å². The Morgan fingerprint density at radius 3 is 2.54 bits per heavy atom. The summed E-state index contributed by atoms with van der Waals surface area (Å²) in [6, 6.07) is 14.2. The second-order valence-corrected chi connectivity index (χ2v) is 7.38. The van der Waals surface area contributed by atoms with Gasteiger partial charge in [0.1, 0.15) is 0 Å². The van der Waals surface area contributed by atoms with Gasteiger partial charge >= 0.3 is 0 Å². The monoisotopic (exact) mass is 394 g/mol. The zero-order valence-corrected chi connectivity index (χ0v) is 16.1. The summed E-state index contributed by atoms with van der Waals surface area (Å²) in [5, 5.41) is 22.1. The molecule has 1 saturated heterocycles. The molecule has 0 saturated carbocycles. The standard InChI is InChI=1S/C20H18N4O3S/c1-13(2)15-9-7-14(8-10-15)12-21-23-20-22-19(25)18(28-20)11-16-5-3-4-6-17(16)24(26)27/h3-13H,1-2H3,(H,22,23,25)/b18-11+,21-12+. The molecule has 8 heteroatoms. The van der Waals surface area contributed by atoms with E-state index in [2.05, 4.69) is 29.4 Å². The van der Waals surface area contributed by atoms with Gasteiger partial charge in [0.15, 0.2) is 5.17 Å². The van der Waals surface area contributed by atoms with Crippen molar-refractivity contribution in [3.8, 4) is 0 Å². The predicted molar refractivity (Wildman–Crippen MR) is 112 cm³/mol. The molecule has 2 aromatic rings. The molecule has 0 radical (unpaired) electrons. The van der Waals surface area contributed by atoms with Crippen LogP contribution < -0.4 is 5.32 Å². The van der Waals surface area contributed by atoms with Crippen LogP contribution in [0.2, 0.25) is 0 Å². The Hall–Kier alpha value is -3.26. The van der Waals surface area contributed by atoms with E-state index < -0.39 is 4.92 Å². The average Bonchev–Trinajstić information content (AvgIpc) is 3.01. The number of carbonyl (C=O) groups is 1. The van der Waals surface area contributed by atoms with Gasteiger partial charge in [-0.2, -0.15) is 5.10 Å². The number of nitrogens with zero attached hydrogens (tertiary/aromatic N) is 3. The number of thioether (sulfide) groups is 1. The molecule has 0 unspecified atom stereocenters. The molecule has 2 aromatic carbocycles. The van der Waals surface area contributed by atoms with Gasteiger partial charge in [-0.25, -0.2) is 0 Å². The van der Waals surface area contributed by atoms with E-state index in [-0.39, 0.29) is 11.6 Å². The maximum Gasteiger partial charge on any atom is 0.276 e. The highest BCUT2D eigenvalue weighted by Gasteiger charge is 2.25. The third-order valence-electron chi connectivity index (χ3n) is 4.03. The van der Waals surface area contributed by atoms with Crippen molar-refractivity contribution in [1.82, 2.24) is 5.32 Å². The van der Waals surface area contributed by atoms with Gasteiger partial charge in [-0.15, -0.1) is 5.10 Å². The van der Waals surface area contributed by atoms with Gasteiger partial charge in [0.05, 0.1) is 21.6 Å². The molecule has 1 aliphatic heterocycles. The second-order valence-electron chi connectivity index (χ2n) is 6.35. The maximum atomic E-state index is 12.1. The quantitative estimate of drug-likeness (QED) is 0.354. The summed E-state index contributed by atoms with van der Waals surface area (Å²) >= 11 is 1.09. The van der Waals surface area contributed by atoms with E-state index >= 15 is 0 Å². The van der Waals surface area contributed by atoms with Crippen molar-refractivity contribution in [3.63, 3.8) is 0 Å². The lowest BCUT2D eigenvalue weighted by atomic mass is 10.0. The molecule has 1 heterocycles. The fourth-order valence-corrected chi connectivity index (χ4v) is 3.28. The van der Waals surface area contributed by atoms with Crippen LogP contribution in [0.5, 0.6) is 0 Å². The van der Waals surface area contributed by atoms with Gasteiger partial charge in [-0.05, 0) is 40.9 Å². The van der Waals surface area contributed by atoms with Crippen LogP contribution in [0.4, 0.5) is 5.69 Å². The van der Waals surface area contributed by atoms with Crippen LogP contribution in [-0.4, -0.2) is 22.2 Å². The molecule has 7 nitrogen and oxygen atoms in total. The van der Waals surface area contributed by atoms with Crippen molar-refractivity contribution < 1.29 is 9.72 Å². The molecule has 28 heavy (non-hydrogen) atoms. The molecule has 0 atom stereocenters. The molecule has 142 valence electrons. The minimum absolute atomic E-state index is 0.0587. The zero-order chi connectivity index (χ0) is 20.1. The molecule has 1 N–H and O–H groups in total. The number of carbonyl (C=O) groups excluding carboxylic acids is 1. The van der Waals surface area contributed by atoms with Gasteiger partial charge in [-0.3, -0.25) is 20.2 Å². The number of amides is 1. The molecular weight excluding hydrogens is 376 g/mol. The van der Waals surface area contributed by atoms with Crippen molar-refractivity contribution in [2.24, 2.45) is 10.2 Å². The largest absolute Gasteiger partial charge is 0.299 e. The van der Waals surface area contributed by atoms with E-state index in [9.17, 15) is 14.9 Å². The highest BCUT2D eigenvalue weighted by atomic mass is 32.2. The van der Waals surface area contributed by atoms with Crippen LogP contribution in [0.15, 0.2) is 63.6 Å². The molecule has 3 rings (SSSR count). The summed E-state index contributed by atoms with van der Waals surface area (Å²) in [5.41, 5.74) is 2.45. The van der Waals surface area contributed by atoms with Crippen LogP contribution >= 0.6 is 11.8 Å². The van der Waals surface area contributed by atoms with Gasteiger partial charge < -0.3 is 0 Å². The number of nitrogens with one attached hydrogen (secondary N) is 1. The van der Waals surface area contributed by atoms with Crippen molar-refractivity contribution >= 4 is 40.8 Å². The van der Waals surface area contributed by atoms with Gasteiger partial charge in [-0.1, -0.05) is 50.2 Å². The van der Waals surface area contributed by atoms with E-state index in [0.29, 0.717) is 21.6 Å². The van der Waals surface area contributed by atoms with Crippen LogP contribution in [0.3, 0.4) is 0 Å². The Kier molecular flexibility index (Phi) is 6.00. The summed E-state index contributed by atoms with van der Waals surface area (Å²) in [4.78, 5) is 23.0. The van der Waals surface area contributed by atoms with Crippen molar-refractivity contribution in [2.75, 3.05) is 0 Å². The first-order valence-corrected chi connectivity index (χ1v) is 9.41. The summed E-state index contributed by atoms with van der Waals surface area (Å²) in [5.74, 6) is 0.0976. The minimum atomic E-state index is -0.478. The van der Waals surface area contributed by atoms with Crippen molar-refractivity contribution in [3.05, 3.63) is 80.2 Å². The maximum absolute atomic E-state index is 12.1. The first kappa shape index (κ1) is 19.5. The fraction of sp³-hybridized carbons (Fsp3) is 0.150. The Bertz CT molecular complexity index is 995. The summed E-state index contributed by atoms with van der Waals surface area (Å²) in [7, 11) is 0. The smallest absolute Gasteiger partial charge is 0.276 e. The normalized spacial score (nSPS) is 17.0. The highest BCUT2D eigenvalue weighted by Crippen LogP contribution is 2.29. The van der Waals surface area contributed by atoms with Crippen LogP contribution in [0.1, 0.15) is 36.5 Å². The summed E-state index contributed by atoms with van der Waals surface area (Å²) in [6.45, 7) is 4.26. The van der Waals surface area contributed by atoms with Gasteiger partial charge in [0.2, 0.25) is 0 Å². The molecule has 0 bridgehead atoms. The Balaban J connectivity index is 1.73. The average molecular weight is 394 g/mol. The lowest BCUT2D eigenvalue weighted by Gasteiger charge is -2.03. The number of hydrogen-bond donors (Lipinski definition) is 1. The Morgan fingerprint density at radius 2 is 1.86 bits per heavy atom. The van der Waals surface area contributed by atoms with E-state index in [1.807, 2.05) is 24.3 Å².